The molecule has 2 amide bonds. The Morgan fingerprint density at radius 3 is 2.37 bits per heavy atom. The summed E-state index contributed by atoms with van der Waals surface area (Å²) >= 11 is 0. The lowest BCUT2D eigenvalue weighted by Crippen LogP contribution is -2.34. The molecule has 5 rings (SSSR count). The molecule has 0 radical (unpaired) electrons. The van der Waals surface area contributed by atoms with Gasteiger partial charge in [-0.15, -0.1) is 0 Å². The zero-order valence-corrected chi connectivity index (χ0v) is 20.2. The lowest BCUT2D eigenvalue weighted by molar-refractivity contribution is -0.117. The Bertz CT molecular complexity index is 1220. The van der Waals surface area contributed by atoms with E-state index in [2.05, 4.69) is 22.1 Å². The van der Waals surface area contributed by atoms with E-state index >= 15 is 0 Å². The minimum Gasteiger partial charge on any atom is -0.497 e. The van der Waals surface area contributed by atoms with Crippen LogP contribution in [-0.2, 0) is 11.2 Å². The Morgan fingerprint density at radius 1 is 1.00 bits per heavy atom. The Hall–Kier alpha value is -3.81. The molecule has 2 saturated heterocycles. The molecular weight excluding hydrogens is 442 g/mol. The molecular formula is C27H31N5O3. The fraction of sp³-hybridized carbons (Fsp3) is 0.370. The van der Waals surface area contributed by atoms with Crippen molar-refractivity contribution in [3.05, 3.63) is 71.5 Å². The van der Waals surface area contributed by atoms with Crippen LogP contribution in [0.25, 0.3) is 5.69 Å². The van der Waals surface area contributed by atoms with E-state index in [0.717, 1.165) is 48.9 Å². The number of likely N-dealkylation sites (tertiary alicyclic amines) is 1. The number of aryl methyl sites for hydroxylation is 2. The first-order valence-electron chi connectivity index (χ1n) is 12.0. The molecule has 1 aromatic heterocycles. The van der Waals surface area contributed by atoms with Crippen molar-refractivity contribution in [2.24, 2.45) is 17.6 Å². The molecule has 2 aliphatic heterocycles. The smallest absolute Gasteiger partial charge is 0.272 e. The van der Waals surface area contributed by atoms with Crippen molar-refractivity contribution in [3.63, 3.8) is 0 Å². The van der Waals surface area contributed by atoms with Gasteiger partial charge < -0.3 is 20.3 Å². The summed E-state index contributed by atoms with van der Waals surface area (Å²) < 4.78 is 6.98. The number of benzene rings is 2. The van der Waals surface area contributed by atoms with E-state index in [0.29, 0.717) is 30.4 Å². The van der Waals surface area contributed by atoms with Gasteiger partial charge in [-0.2, -0.15) is 5.10 Å². The fourth-order valence-electron chi connectivity index (χ4n) is 5.28. The van der Waals surface area contributed by atoms with Crippen molar-refractivity contribution in [2.75, 3.05) is 38.2 Å². The highest BCUT2D eigenvalue weighted by molar-refractivity contribution is 5.93. The molecule has 0 spiro atoms. The Kier molecular flexibility index (Phi) is 6.19. The molecule has 2 N–H and O–H groups in total. The third kappa shape index (κ3) is 4.73. The molecule has 2 aromatic carbocycles. The molecule has 8 heteroatoms. The van der Waals surface area contributed by atoms with Crippen molar-refractivity contribution < 1.29 is 14.3 Å². The van der Waals surface area contributed by atoms with Crippen molar-refractivity contribution in [2.45, 2.75) is 19.8 Å². The van der Waals surface area contributed by atoms with Gasteiger partial charge in [-0.25, -0.2) is 4.68 Å². The number of fused-ring (bicyclic) bond motifs is 1. The number of carbonyl (C=O) groups is 2. The van der Waals surface area contributed by atoms with E-state index in [9.17, 15) is 9.59 Å². The first kappa shape index (κ1) is 23.0. The summed E-state index contributed by atoms with van der Waals surface area (Å²) in [6, 6.07) is 17.8. The lowest BCUT2D eigenvalue weighted by atomic mass is 10.0. The molecule has 0 saturated carbocycles. The molecule has 8 nitrogen and oxygen atoms in total. The summed E-state index contributed by atoms with van der Waals surface area (Å²) in [6.45, 7) is 5.24. The van der Waals surface area contributed by atoms with Crippen LogP contribution >= 0.6 is 0 Å². The number of anilines is 1. The molecule has 2 aliphatic rings. The number of aromatic nitrogens is 2. The van der Waals surface area contributed by atoms with E-state index in [1.54, 1.807) is 11.8 Å². The number of ether oxygens (including phenoxy) is 1. The van der Waals surface area contributed by atoms with Gasteiger partial charge in [0, 0.05) is 50.1 Å². The van der Waals surface area contributed by atoms with Crippen LogP contribution in [0.5, 0.6) is 5.75 Å². The quantitative estimate of drug-likeness (QED) is 0.570. The molecule has 2 unspecified atom stereocenters. The van der Waals surface area contributed by atoms with Crippen LogP contribution in [-0.4, -0.2) is 59.8 Å². The average molecular weight is 474 g/mol. The van der Waals surface area contributed by atoms with Gasteiger partial charge in [-0.3, -0.25) is 9.59 Å². The van der Waals surface area contributed by atoms with E-state index in [1.807, 2.05) is 54.3 Å². The number of hydrogen-bond acceptors (Lipinski definition) is 5. The number of methoxy groups -OCH3 is 1. The summed E-state index contributed by atoms with van der Waals surface area (Å²) in [6.07, 6.45) is 1.02. The number of carbonyl (C=O) groups excluding carboxylic acids is 2. The fourth-order valence-corrected chi connectivity index (χ4v) is 5.28. The molecule has 35 heavy (non-hydrogen) atoms. The molecule has 0 aliphatic carbocycles. The van der Waals surface area contributed by atoms with Crippen LogP contribution in [0.15, 0.2) is 54.6 Å². The van der Waals surface area contributed by atoms with Gasteiger partial charge in [0.05, 0.1) is 18.5 Å². The van der Waals surface area contributed by atoms with Gasteiger partial charge in [0.25, 0.3) is 5.91 Å². The first-order chi connectivity index (χ1) is 16.9. The summed E-state index contributed by atoms with van der Waals surface area (Å²) in [5.41, 5.74) is 9.84. The number of hydrogen-bond donors (Lipinski definition) is 1. The van der Waals surface area contributed by atoms with Crippen LogP contribution in [0, 0.1) is 18.8 Å². The average Bonchev–Trinajstić information content (AvgIpc) is 3.56. The molecule has 182 valence electrons. The highest BCUT2D eigenvalue weighted by atomic mass is 16.5. The second-order valence-corrected chi connectivity index (χ2v) is 9.55. The van der Waals surface area contributed by atoms with Crippen LogP contribution in [0.1, 0.15) is 28.2 Å². The van der Waals surface area contributed by atoms with Crippen molar-refractivity contribution in [1.82, 2.24) is 14.7 Å². The maximum Gasteiger partial charge on any atom is 0.272 e. The standard InChI is InChI=1S/C27H31N5O3/c1-18-12-25(32(29-18)22-7-9-24(35-2)10-8-22)27(34)31-16-20-14-30(15-21(20)17-31)23-5-3-4-19(13-23)6-11-26(28)33/h3-5,7-10,12-13,20-21H,6,11,14-17H2,1-2H3,(H2,28,33). The summed E-state index contributed by atoms with van der Waals surface area (Å²) in [5.74, 6) is 1.38. The van der Waals surface area contributed by atoms with Crippen LogP contribution < -0.4 is 15.4 Å². The van der Waals surface area contributed by atoms with Gasteiger partial charge in [-0.05, 0) is 61.4 Å². The number of nitrogens with two attached hydrogens (primary N) is 1. The number of amides is 2. The highest BCUT2D eigenvalue weighted by Gasteiger charge is 2.42. The predicted molar refractivity (Wildman–Crippen MR) is 134 cm³/mol. The van der Waals surface area contributed by atoms with E-state index in [1.165, 1.54) is 5.69 Å². The predicted octanol–water partition coefficient (Wildman–Crippen LogP) is 2.82. The summed E-state index contributed by atoms with van der Waals surface area (Å²) in [7, 11) is 1.63. The van der Waals surface area contributed by atoms with Gasteiger partial charge in [-0.1, -0.05) is 12.1 Å². The van der Waals surface area contributed by atoms with Gasteiger partial charge in [0.2, 0.25) is 5.91 Å². The lowest BCUT2D eigenvalue weighted by Gasteiger charge is -2.24. The molecule has 0 bridgehead atoms. The number of nitrogens with zero attached hydrogens (tertiary/aromatic N) is 4. The zero-order valence-electron chi connectivity index (χ0n) is 20.2. The molecule has 2 atom stereocenters. The van der Waals surface area contributed by atoms with Crippen LogP contribution in [0.3, 0.4) is 0 Å². The molecule has 3 aromatic rings. The normalized spacial score (nSPS) is 19.1. The van der Waals surface area contributed by atoms with E-state index in [4.69, 9.17) is 10.5 Å². The van der Waals surface area contributed by atoms with Gasteiger partial charge >= 0.3 is 0 Å². The maximum atomic E-state index is 13.5. The first-order valence-corrected chi connectivity index (χ1v) is 12.0. The monoisotopic (exact) mass is 473 g/mol. The Balaban J connectivity index is 1.26. The third-order valence-electron chi connectivity index (χ3n) is 7.08. The second-order valence-electron chi connectivity index (χ2n) is 9.55. The Labute approximate surface area is 205 Å². The zero-order chi connectivity index (χ0) is 24.5. The van der Waals surface area contributed by atoms with Crippen molar-refractivity contribution in [1.29, 1.82) is 0 Å². The summed E-state index contributed by atoms with van der Waals surface area (Å²) in [5, 5.41) is 4.58. The topological polar surface area (TPSA) is 93.7 Å². The maximum absolute atomic E-state index is 13.5. The minimum atomic E-state index is -0.278. The highest BCUT2D eigenvalue weighted by Crippen LogP contribution is 2.35. The van der Waals surface area contributed by atoms with Gasteiger partial charge in [0.1, 0.15) is 11.4 Å². The van der Waals surface area contributed by atoms with Crippen molar-refractivity contribution >= 4 is 17.5 Å². The van der Waals surface area contributed by atoms with E-state index in [-0.39, 0.29) is 11.8 Å². The van der Waals surface area contributed by atoms with E-state index < -0.39 is 0 Å². The SMILES string of the molecule is COc1ccc(-n2nc(C)cc2C(=O)N2CC3CN(c4cccc(CCC(N)=O)c4)CC3C2)cc1. The summed E-state index contributed by atoms with van der Waals surface area (Å²) in [4.78, 5) is 29.0. The van der Waals surface area contributed by atoms with Crippen LogP contribution in [0.4, 0.5) is 5.69 Å². The van der Waals surface area contributed by atoms with Gasteiger partial charge in [0.15, 0.2) is 0 Å². The third-order valence-corrected chi connectivity index (χ3v) is 7.08. The largest absolute Gasteiger partial charge is 0.497 e. The Morgan fingerprint density at radius 2 is 1.71 bits per heavy atom. The molecule has 2 fully saturated rings. The number of rotatable bonds is 7. The van der Waals surface area contributed by atoms with Crippen molar-refractivity contribution in [3.8, 4) is 11.4 Å². The minimum absolute atomic E-state index is 0.0239. The van der Waals surface area contributed by atoms with Crippen LogP contribution in [0.2, 0.25) is 0 Å². The number of primary amides is 1. The second kappa shape index (κ2) is 9.44. The molecule has 3 heterocycles.